The molecule has 1 atom stereocenters. The molecule has 64 valence electrons. The van der Waals surface area contributed by atoms with Crippen LogP contribution in [-0.2, 0) is 4.74 Å². The largest absolute Gasteiger partial charge is 0.373 e. The predicted octanol–water partition coefficient (Wildman–Crippen LogP) is 2.75. The van der Waals surface area contributed by atoms with E-state index < -0.39 is 0 Å². The van der Waals surface area contributed by atoms with E-state index in [0.29, 0.717) is 6.10 Å². The first-order valence-electron chi connectivity index (χ1n) is 5.07. The molecule has 2 aliphatic rings. The molecule has 1 saturated carbocycles. The van der Waals surface area contributed by atoms with Gasteiger partial charge in [0, 0.05) is 0 Å². The lowest BCUT2D eigenvalue weighted by atomic mass is 9.95. The summed E-state index contributed by atoms with van der Waals surface area (Å²) in [6, 6.07) is 0. The van der Waals surface area contributed by atoms with Crippen molar-refractivity contribution >= 4 is 0 Å². The van der Waals surface area contributed by atoms with Gasteiger partial charge in [0.05, 0.1) is 12.7 Å². The van der Waals surface area contributed by atoms with Crippen LogP contribution in [0.1, 0.15) is 44.9 Å². The Kier molecular flexibility index (Phi) is 2.47. The molecule has 1 unspecified atom stereocenters. The molecule has 1 heteroatoms. The van der Waals surface area contributed by atoms with Gasteiger partial charge in [-0.1, -0.05) is 38.5 Å². The van der Waals surface area contributed by atoms with Crippen molar-refractivity contribution in [1.82, 2.24) is 0 Å². The van der Waals surface area contributed by atoms with E-state index in [1.807, 2.05) is 0 Å². The van der Waals surface area contributed by atoms with Crippen molar-refractivity contribution in [3.05, 3.63) is 0 Å². The number of rotatable bonds is 2. The first-order valence-corrected chi connectivity index (χ1v) is 5.07. The molecule has 0 amide bonds. The van der Waals surface area contributed by atoms with Crippen LogP contribution in [0.2, 0.25) is 0 Å². The van der Waals surface area contributed by atoms with Gasteiger partial charge in [-0.05, 0) is 12.3 Å². The Balaban J connectivity index is 1.71. The quantitative estimate of drug-likeness (QED) is 0.440. The Morgan fingerprint density at radius 3 is 2.18 bits per heavy atom. The second kappa shape index (κ2) is 3.57. The highest BCUT2D eigenvalue weighted by atomic mass is 16.6. The lowest BCUT2D eigenvalue weighted by Crippen LogP contribution is -2.02. The molecule has 2 fully saturated rings. The predicted molar refractivity (Wildman–Crippen MR) is 45.5 cm³/mol. The van der Waals surface area contributed by atoms with Crippen molar-refractivity contribution < 1.29 is 4.74 Å². The Hall–Kier alpha value is -0.0400. The highest BCUT2D eigenvalue weighted by Gasteiger charge is 2.26. The Bertz CT molecular complexity index is 110. The van der Waals surface area contributed by atoms with E-state index in [1.54, 1.807) is 0 Å². The Morgan fingerprint density at radius 2 is 1.64 bits per heavy atom. The van der Waals surface area contributed by atoms with Gasteiger partial charge in [-0.15, -0.1) is 0 Å². The minimum absolute atomic E-state index is 0.665. The first-order chi connectivity index (χ1) is 5.45. The van der Waals surface area contributed by atoms with Crippen molar-refractivity contribution in [3.8, 4) is 0 Å². The van der Waals surface area contributed by atoms with Crippen molar-refractivity contribution in [2.24, 2.45) is 5.92 Å². The molecule has 0 radical (unpaired) electrons. The van der Waals surface area contributed by atoms with Crippen LogP contribution in [0.5, 0.6) is 0 Å². The van der Waals surface area contributed by atoms with E-state index in [0.717, 1.165) is 12.5 Å². The molecule has 0 bridgehead atoms. The van der Waals surface area contributed by atoms with Crippen molar-refractivity contribution in [2.45, 2.75) is 51.0 Å². The van der Waals surface area contributed by atoms with Crippen molar-refractivity contribution in [3.63, 3.8) is 0 Å². The number of hydrogen-bond acceptors (Lipinski definition) is 1. The molecular formula is C10H18O. The molecule has 0 spiro atoms. The smallest absolute Gasteiger partial charge is 0.0812 e. The van der Waals surface area contributed by atoms with Crippen LogP contribution in [0.15, 0.2) is 0 Å². The lowest BCUT2D eigenvalue weighted by Gasteiger charge is -2.10. The van der Waals surface area contributed by atoms with E-state index in [-0.39, 0.29) is 0 Å². The summed E-state index contributed by atoms with van der Waals surface area (Å²) < 4.78 is 5.25. The second-order valence-electron chi connectivity index (χ2n) is 4.05. The number of ether oxygens (including phenoxy) is 1. The van der Waals surface area contributed by atoms with E-state index >= 15 is 0 Å². The molecule has 1 aliphatic heterocycles. The summed E-state index contributed by atoms with van der Waals surface area (Å²) in [4.78, 5) is 0. The van der Waals surface area contributed by atoms with Crippen LogP contribution in [0.25, 0.3) is 0 Å². The Morgan fingerprint density at radius 1 is 1.00 bits per heavy atom. The minimum Gasteiger partial charge on any atom is -0.373 e. The van der Waals surface area contributed by atoms with Gasteiger partial charge in [0.15, 0.2) is 0 Å². The maximum absolute atomic E-state index is 5.25. The van der Waals surface area contributed by atoms with Gasteiger partial charge in [-0.2, -0.15) is 0 Å². The number of epoxide rings is 1. The summed E-state index contributed by atoms with van der Waals surface area (Å²) in [5, 5.41) is 0. The molecule has 1 saturated heterocycles. The maximum Gasteiger partial charge on any atom is 0.0812 e. The van der Waals surface area contributed by atoms with Crippen LogP contribution in [0.4, 0.5) is 0 Å². The summed E-state index contributed by atoms with van der Waals surface area (Å²) >= 11 is 0. The van der Waals surface area contributed by atoms with Crippen LogP contribution in [0, 0.1) is 5.92 Å². The molecule has 2 rings (SSSR count). The van der Waals surface area contributed by atoms with Gasteiger partial charge in [-0.3, -0.25) is 0 Å². The molecule has 0 aromatic carbocycles. The van der Waals surface area contributed by atoms with Gasteiger partial charge in [0.1, 0.15) is 0 Å². The van der Waals surface area contributed by atoms with Gasteiger partial charge in [0.2, 0.25) is 0 Å². The van der Waals surface area contributed by atoms with Crippen LogP contribution in [-0.4, -0.2) is 12.7 Å². The monoisotopic (exact) mass is 154 g/mol. The Labute approximate surface area is 69.1 Å². The maximum atomic E-state index is 5.25. The SMILES string of the molecule is C1CCCC(CC2CO2)CC1. The van der Waals surface area contributed by atoms with Crippen molar-refractivity contribution in [2.75, 3.05) is 6.61 Å². The average molecular weight is 154 g/mol. The van der Waals surface area contributed by atoms with Gasteiger partial charge >= 0.3 is 0 Å². The molecule has 0 N–H and O–H groups in total. The summed E-state index contributed by atoms with van der Waals surface area (Å²) in [5.74, 6) is 1.00. The summed E-state index contributed by atoms with van der Waals surface area (Å²) in [6.07, 6.45) is 10.9. The zero-order valence-corrected chi connectivity index (χ0v) is 7.22. The van der Waals surface area contributed by atoms with E-state index in [9.17, 15) is 0 Å². The van der Waals surface area contributed by atoms with Gasteiger partial charge in [0.25, 0.3) is 0 Å². The third kappa shape index (κ3) is 2.48. The normalized spacial score (nSPS) is 33.3. The van der Waals surface area contributed by atoms with E-state index in [1.165, 1.54) is 44.9 Å². The fourth-order valence-corrected chi connectivity index (χ4v) is 2.18. The van der Waals surface area contributed by atoms with Crippen LogP contribution >= 0.6 is 0 Å². The zero-order valence-electron chi connectivity index (χ0n) is 7.22. The molecular weight excluding hydrogens is 136 g/mol. The van der Waals surface area contributed by atoms with Crippen LogP contribution in [0.3, 0.4) is 0 Å². The topological polar surface area (TPSA) is 12.5 Å². The fourth-order valence-electron chi connectivity index (χ4n) is 2.18. The van der Waals surface area contributed by atoms with Crippen molar-refractivity contribution in [1.29, 1.82) is 0 Å². The highest BCUT2D eigenvalue weighted by Crippen LogP contribution is 2.30. The van der Waals surface area contributed by atoms with Gasteiger partial charge in [-0.25, -0.2) is 0 Å². The second-order valence-corrected chi connectivity index (χ2v) is 4.05. The van der Waals surface area contributed by atoms with Gasteiger partial charge < -0.3 is 4.74 Å². The highest BCUT2D eigenvalue weighted by molar-refractivity contribution is 4.75. The molecule has 0 aromatic heterocycles. The third-order valence-corrected chi connectivity index (χ3v) is 2.97. The van der Waals surface area contributed by atoms with E-state index in [4.69, 9.17) is 4.74 Å². The third-order valence-electron chi connectivity index (χ3n) is 2.97. The molecule has 0 aromatic rings. The molecule has 1 nitrogen and oxygen atoms in total. The minimum atomic E-state index is 0.665. The molecule has 11 heavy (non-hydrogen) atoms. The molecule has 1 heterocycles. The average Bonchev–Trinajstić information content (AvgIpc) is 2.77. The fraction of sp³-hybridized carbons (Fsp3) is 1.00. The first kappa shape index (κ1) is 7.60. The molecule has 1 aliphatic carbocycles. The standard InChI is InChI=1S/C10H18O/c1-2-4-6-9(5-3-1)7-10-8-11-10/h9-10H,1-8H2. The summed E-state index contributed by atoms with van der Waals surface area (Å²) in [7, 11) is 0. The van der Waals surface area contributed by atoms with E-state index in [2.05, 4.69) is 0 Å². The van der Waals surface area contributed by atoms with Crippen LogP contribution < -0.4 is 0 Å². The summed E-state index contributed by atoms with van der Waals surface area (Å²) in [5.41, 5.74) is 0. The summed E-state index contributed by atoms with van der Waals surface area (Å²) in [6.45, 7) is 1.05. The zero-order chi connectivity index (χ0) is 7.52. The number of hydrogen-bond donors (Lipinski definition) is 0. The lowest BCUT2D eigenvalue weighted by molar-refractivity contribution is 0.333.